The molecule has 0 aromatic rings. The molecular formula is C74H128O6. The van der Waals surface area contributed by atoms with E-state index in [4.69, 9.17) is 14.2 Å². The number of carbonyl (C=O) groups excluding carboxylic acids is 3. The van der Waals surface area contributed by atoms with E-state index in [0.29, 0.717) is 19.3 Å². The Morgan fingerprint density at radius 1 is 0.263 bits per heavy atom. The Balaban J connectivity index is 4.39. The van der Waals surface area contributed by atoms with E-state index in [-0.39, 0.29) is 31.1 Å². The first kappa shape index (κ1) is 76.3. The van der Waals surface area contributed by atoms with Crippen molar-refractivity contribution >= 4 is 17.9 Å². The minimum absolute atomic E-state index is 0.0855. The molecule has 460 valence electrons. The molecule has 0 aromatic carbocycles. The number of hydrogen-bond donors (Lipinski definition) is 0. The maximum Gasteiger partial charge on any atom is 0.306 e. The van der Waals surface area contributed by atoms with Gasteiger partial charge < -0.3 is 14.2 Å². The number of hydrogen-bond acceptors (Lipinski definition) is 6. The third kappa shape index (κ3) is 65.1. The monoisotopic (exact) mass is 1110 g/mol. The van der Waals surface area contributed by atoms with Gasteiger partial charge in [-0.2, -0.15) is 0 Å². The first-order valence-corrected chi connectivity index (χ1v) is 34.2. The van der Waals surface area contributed by atoms with Crippen LogP contribution in [-0.2, 0) is 28.6 Å². The molecule has 0 saturated heterocycles. The molecule has 6 nitrogen and oxygen atoms in total. The summed E-state index contributed by atoms with van der Waals surface area (Å²) in [6.45, 7) is 6.54. The highest BCUT2D eigenvalue weighted by Gasteiger charge is 2.19. The van der Waals surface area contributed by atoms with Gasteiger partial charge in [-0.15, -0.1) is 0 Å². The molecular weight excluding hydrogens is 985 g/mol. The minimum atomic E-state index is -0.793. The van der Waals surface area contributed by atoms with Crippen LogP contribution in [0.2, 0.25) is 0 Å². The van der Waals surface area contributed by atoms with Gasteiger partial charge in [0.15, 0.2) is 6.10 Å². The summed E-state index contributed by atoms with van der Waals surface area (Å²) in [6, 6.07) is 0. The molecule has 80 heavy (non-hydrogen) atoms. The number of esters is 3. The Morgan fingerprint density at radius 3 is 0.787 bits per heavy atom. The van der Waals surface area contributed by atoms with Crippen LogP contribution in [-0.4, -0.2) is 37.2 Å². The summed E-state index contributed by atoms with van der Waals surface area (Å²) < 4.78 is 16.9. The maximum atomic E-state index is 12.9. The lowest BCUT2D eigenvalue weighted by Gasteiger charge is -2.18. The van der Waals surface area contributed by atoms with Gasteiger partial charge in [-0.05, 0) is 103 Å². The molecule has 0 aliphatic carbocycles. The lowest BCUT2D eigenvalue weighted by atomic mass is 10.0. The van der Waals surface area contributed by atoms with Crippen LogP contribution < -0.4 is 0 Å². The summed E-state index contributed by atoms with van der Waals surface area (Å²) >= 11 is 0. The van der Waals surface area contributed by atoms with Crippen LogP contribution in [0.4, 0.5) is 0 Å². The minimum Gasteiger partial charge on any atom is -0.462 e. The Hall–Kier alpha value is -3.67. The lowest BCUT2D eigenvalue weighted by molar-refractivity contribution is -0.167. The van der Waals surface area contributed by atoms with Gasteiger partial charge in [0.25, 0.3) is 0 Å². The fourth-order valence-corrected chi connectivity index (χ4v) is 9.71. The molecule has 0 radical (unpaired) electrons. The van der Waals surface area contributed by atoms with Crippen LogP contribution in [0.1, 0.15) is 335 Å². The average Bonchev–Trinajstić information content (AvgIpc) is 3.46. The molecule has 0 rings (SSSR count). The van der Waals surface area contributed by atoms with E-state index in [1.807, 2.05) is 0 Å². The zero-order valence-corrected chi connectivity index (χ0v) is 52.8. The van der Waals surface area contributed by atoms with Crippen molar-refractivity contribution in [1.82, 2.24) is 0 Å². The standard InChI is InChI=1S/C74H128O6/c1-4-7-10-13-16-19-22-25-28-30-32-34-36-37-39-40-42-44-46-49-52-55-58-61-64-67-73(76)79-70-71(69-78-72(75)66-63-60-57-54-51-48-27-24-21-18-15-12-9-6-3)80-74(77)68-65-62-59-56-53-50-47-45-43-41-38-35-33-31-29-26-23-20-17-14-11-8-5-2/h7,10,16,19,25,28,31-34,37,39,42,44,49,52,71H,4-6,8-9,11-15,17-18,20-24,26-27,29-30,35-36,38,40-41,43,45-48,50-51,53-70H2,1-3H3/b10-7-,19-16-,28-25-,33-31-,34-32-,39-37-,44-42-,52-49-. The molecule has 0 saturated carbocycles. The molecule has 0 aromatic heterocycles. The molecule has 0 bridgehead atoms. The van der Waals surface area contributed by atoms with Crippen molar-refractivity contribution in [3.05, 3.63) is 97.2 Å². The zero-order valence-electron chi connectivity index (χ0n) is 52.8. The number of unbranched alkanes of at least 4 members (excludes halogenated alkanes) is 35. The van der Waals surface area contributed by atoms with Gasteiger partial charge >= 0.3 is 17.9 Å². The normalized spacial score (nSPS) is 12.7. The molecule has 0 spiro atoms. The second kappa shape index (κ2) is 67.8. The van der Waals surface area contributed by atoms with Crippen LogP contribution in [0.25, 0.3) is 0 Å². The zero-order chi connectivity index (χ0) is 57.8. The summed E-state index contributed by atoms with van der Waals surface area (Å²) in [4.78, 5) is 38.4. The highest BCUT2D eigenvalue weighted by atomic mass is 16.6. The van der Waals surface area contributed by atoms with E-state index >= 15 is 0 Å². The van der Waals surface area contributed by atoms with E-state index in [9.17, 15) is 14.4 Å². The molecule has 1 unspecified atom stereocenters. The predicted octanol–water partition coefficient (Wildman–Crippen LogP) is 23.6. The third-order valence-electron chi connectivity index (χ3n) is 14.8. The van der Waals surface area contributed by atoms with Crippen LogP contribution in [0.3, 0.4) is 0 Å². The Kier molecular flexibility index (Phi) is 64.7. The van der Waals surface area contributed by atoms with Gasteiger partial charge in [0, 0.05) is 19.3 Å². The summed E-state index contributed by atoms with van der Waals surface area (Å²) in [5.41, 5.74) is 0. The number of ether oxygens (including phenoxy) is 3. The van der Waals surface area contributed by atoms with Crippen molar-refractivity contribution in [3.63, 3.8) is 0 Å². The molecule has 0 amide bonds. The second-order valence-electron chi connectivity index (χ2n) is 22.7. The summed E-state index contributed by atoms with van der Waals surface area (Å²) in [7, 11) is 0. The van der Waals surface area contributed by atoms with Crippen LogP contribution in [0.5, 0.6) is 0 Å². The molecule has 0 heterocycles. The van der Waals surface area contributed by atoms with Crippen LogP contribution in [0, 0.1) is 0 Å². The van der Waals surface area contributed by atoms with E-state index in [2.05, 4.69) is 118 Å². The SMILES string of the molecule is CC/C=C\C/C=C\C/C=C\C/C=C\C/C=C\C/C=C\C/C=C\CCCCCC(=O)OCC(COC(=O)CCCCCCCCCCCCCCCC)OC(=O)CCCCCCCCCCCCC/C=C\CCCCCCCCCC. The molecule has 6 heteroatoms. The van der Waals surface area contributed by atoms with Crippen molar-refractivity contribution in [3.8, 4) is 0 Å². The van der Waals surface area contributed by atoms with Gasteiger partial charge in [-0.3, -0.25) is 14.4 Å². The van der Waals surface area contributed by atoms with Crippen molar-refractivity contribution in [1.29, 1.82) is 0 Å². The van der Waals surface area contributed by atoms with Crippen molar-refractivity contribution in [2.45, 2.75) is 341 Å². The number of carbonyl (C=O) groups is 3. The van der Waals surface area contributed by atoms with E-state index in [0.717, 1.165) is 109 Å². The highest BCUT2D eigenvalue weighted by molar-refractivity contribution is 5.71. The van der Waals surface area contributed by atoms with Crippen molar-refractivity contribution in [2.24, 2.45) is 0 Å². The van der Waals surface area contributed by atoms with Crippen molar-refractivity contribution in [2.75, 3.05) is 13.2 Å². The molecule has 1 atom stereocenters. The van der Waals surface area contributed by atoms with Crippen molar-refractivity contribution < 1.29 is 28.6 Å². The quantitative estimate of drug-likeness (QED) is 0.0261. The third-order valence-corrected chi connectivity index (χ3v) is 14.8. The molecule has 0 fully saturated rings. The van der Waals surface area contributed by atoms with E-state index in [1.54, 1.807) is 0 Å². The van der Waals surface area contributed by atoms with E-state index in [1.165, 1.54) is 186 Å². The topological polar surface area (TPSA) is 78.9 Å². The molecule has 0 aliphatic heterocycles. The second-order valence-corrected chi connectivity index (χ2v) is 22.7. The predicted molar refractivity (Wildman–Crippen MR) is 348 cm³/mol. The average molecular weight is 1110 g/mol. The fraction of sp³-hybridized carbons (Fsp3) is 0.743. The Morgan fingerprint density at radius 2 is 0.487 bits per heavy atom. The van der Waals surface area contributed by atoms with Gasteiger partial charge in [0.1, 0.15) is 13.2 Å². The van der Waals surface area contributed by atoms with Gasteiger partial charge in [0.05, 0.1) is 0 Å². The van der Waals surface area contributed by atoms with E-state index < -0.39 is 6.10 Å². The highest BCUT2D eigenvalue weighted by Crippen LogP contribution is 2.17. The van der Waals surface area contributed by atoms with Gasteiger partial charge in [-0.25, -0.2) is 0 Å². The van der Waals surface area contributed by atoms with Gasteiger partial charge in [0.2, 0.25) is 0 Å². The Labute approximate surface area is 496 Å². The fourth-order valence-electron chi connectivity index (χ4n) is 9.71. The molecule has 0 aliphatic rings. The maximum absolute atomic E-state index is 12.9. The Bertz CT molecular complexity index is 1560. The summed E-state index contributed by atoms with van der Waals surface area (Å²) in [5.74, 6) is -0.905. The number of rotatable bonds is 62. The summed E-state index contributed by atoms with van der Waals surface area (Å²) in [6.07, 6.45) is 91.4. The summed E-state index contributed by atoms with van der Waals surface area (Å²) in [5, 5.41) is 0. The van der Waals surface area contributed by atoms with Crippen LogP contribution in [0.15, 0.2) is 97.2 Å². The van der Waals surface area contributed by atoms with Crippen LogP contribution >= 0.6 is 0 Å². The number of allylic oxidation sites excluding steroid dienone is 16. The van der Waals surface area contributed by atoms with Gasteiger partial charge in [-0.1, -0.05) is 311 Å². The lowest BCUT2D eigenvalue weighted by Crippen LogP contribution is -2.30. The first-order valence-electron chi connectivity index (χ1n) is 34.2. The smallest absolute Gasteiger partial charge is 0.306 e. The first-order chi connectivity index (χ1) is 39.5. The molecule has 0 N–H and O–H groups in total. The largest absolute Gasteiger partial charge is 0.462 e.